The first kappa shape index (κ1) is 4.98. The van der Waals surface area contributed by atoms with Gasteiger partial charge in [0.2, 0.25) is 0 Å². The molecular formula is C8H9N. The summed E-state index contributed by atoms with van der Waals surface area (Å²) < 4.78 is 0. The predicted molar refractivity (Wildman–Crippen MR) is 38.4 cm³/mol. The van der Waals surface area contributed by atoms with Crippen molar-refractivity contribution in [2.75, 3.05) is 0 Å². The Morgan fingerprint density at radius 1 is 1.33 bits per heavy atom. The van der Waals surface area contributed by atoms with Gasteiger partial charge in [-0.05, 0) is 12.3 Å². The summed E-state index contributed by atoms with van der Waals surface area (Å²) in [5.41, 5.74) is 0. The molecule has 2 unspecified atom stereocenters. The molecule has 1 aliphatic heterocycles. The van der Waals surface area contributed by atoms with Gasteiger partial charge in [-0.3, -0.25) is 4.99 Å². The van der Waals surface area contributed by atoms with Gasteiger partial charge in [0.05, 0.1) is 0 Å². The van der Waals surface area contributed by atoms with E-state index in [2.05, 4.69) is 23.2 Å². The average Bonchev–Trinajstić information content (AvgIpc) is 2.33. The van der Waals surface area contributed by atoms with E-state index < -0.39 is 0 Å². The van der Waals surface area contributed by atoms with Crippen LogP contribution in [0.3, 0.4) is 0 Å². The van der Waals surface area contributed by atoms with Crippen LogP contribution >= 0.6 is 0 Å². The maximum atomic E-state index is 4.06. The third-order valence-electron chi connectivity index (χ3n) is 1.94. The Morgan fingerprint density at radius 3 is 3.22 bits per heavy atom. The fourth-order valence-electron chi connectivity index (χ4n) is 1.37. The molecule has 0 amide bonds. The number of hydrogen-bond acceptors (Lipinski definition) is 1. The molecule has 9 heavy (non-hydrogen) atoms. The highest BCUT2D eigenvalue weighted by Crippen LogP contribution is 2.26. The summed E-state index contributed by atoms with van der Waals surface area (Å²) in [6.45, 7) is 0. The number of aliphatic imine (C=N–C) groups is 1. The molecule has 0 aromatic carbocycles. The third kappa shape index (κ3) is 0.727. The highest BCUT2D eigenvalue weighted by molar-refractivity contribution is 5.67. The van der Waals surface area contributed by atoms with Crippen molar-refractivity contribution in [1.82, 2.24) is 0 Å². The maximum Gasteiger partial charge on any atom is 0.0227 e. The van der Waals surface area contributed by atoms with E-state index >= 15 is 0 Å². The monoisotopic (exact) mass is 119 g/mol. The van der Waals surface area contributed by atoms with Gasteiger partial charge >= 0.3 is 0 Å². The van der Waals surface area contributed by atoms with E-state index in [1.807, 2.05) is 12.4 Å². The zero-order chi connectivity index (χ0) is 6.10. The Balaban J connectivity index is 2.25. The summed E-state index contributed by atoms with van der Waals surface area (Å²) in [7, 11) is 0. The van der Waals surface area contributed by atoms with Gasteiger partial charge in [-0.15, -0.1) is 0 Å². The molecule has 1 heterocycles. The van der Waals surface area contributed by atoms with Gasteiger partial charge in [0.15, 0.2) is 0 Å². The van der Waals surface area contributed by atoms with Gasteiger partial charge in [-0.2, -0.15) is 0 Å². The first-order valence-electron chi connectivity index (χ1n) is 3.33. The first-order chi connectivity index (χ1) is 4.47. The lowest BCUT2D eigenvalue weighted by Crippen LogP contribution is -2.08. The molecule has 0 bridgehead atoms. The molecule has 2 rings (SSSR count). The van der Waals surface area contributed by atoms with Crippen molar-refractivity contribution in [3.05, 3.63) is 24.4 Å². The smallest absolute Gasteiger partial charge is 0.0227 e. The second-order valence-corrected chi connectivity index (χ2v) is 2.54. The Labute approximate surface area is 54.8 Å². The van der Waals surface area contributed by atoms with Crippen molar-refractivity contribution in [3.63, 3.8) is 0 Å². The van der Waals surface area contributed by atoms with Crippen LogP contribution in [0.1, 0.15) is 6.42 Å². The predicted octanol–water partition coefficient (Wildman–Crippen LogP) is 1.78. The molecular weight excluding hydrogens is 110 g/mol. The summed E-state index contributed by atoms with van der Waals surface area (Å²) in [6, 6.07) is 0. The lowest BCUT2D eigenvalue weighted by molar-refractivity contribution is 0.630. The SMILES string of the molecule is C1=CC2C=NC=CC2C1. The minimum Gasteiger partial charge on any atom is -0.269 e. The molecule has 0 radical (unpaired) electrons. The number of fused-ring (bicyclic) bond motifs is 1. The van der Waals surface area contributed by atoms with Gasteiger partial charge in [-0.1, -0.05) is 18.2 Å². The minimum atomic E-state index is 0.606. The van der Waals surface area contributed by atoms with Gasteiger partial charge < -0.3 is 0 Å². The Bertz CT molecular complexity index is 189. The first-order valence-corrected chi connectivity index (χ1v) is 3.33. The summed E-state index contributed by atoms with van der Waals surface area (Å²) in [4.78, 5) is 4.06. The number of allylic oxidation sites excluding steroid dienone is 3. The summed E-state index contributed by atoms with van der Waals surface area (Å²) >= 11 is 0. The Morgan fingerprint density at radius 2 is 2.33 bits per heavy atom. The molecule has 0 saturated carbocycles. The zero-order valence-corrected chi connectivity index (χ0v) is 5.20. The molecule has 0 fully saturated rings. The highest BCUT2D eigenvalue weighted by Gasteiger charge is 2.19. The van der Waals surface area contributed by atoms with Crippen molar-refractivity contribution in [3.8, 4) is 0 Å². The van der Waals surface area contributed by atoms with Crippen molar-refractivity contribution in [2.24, 2.45) is 16.8 Å². The van der Waals surface area contributed by atoms with Crippen molar-refractivity contribution in [1.29, 1.82) is 0 Å². The van der Waals surface area contributed by atoms with E-state index in [0.29, 0.717) is 5.92 Å². The molecule has 0 spiro atoms. The quantitative estimate of drug-likeness (QED) is 0.431. The van der Waals surface area contributed by atoms with Crippen LogP contribution in [0.2, 0.25) is 0 Å². The van der Waals surface area contributed by atoms with E-state index in [-0.39, 0.29) is 0 Å². The van der Waals surface area contributed by atoms with Gasteiger partial charge in [0, 0.05) is 18.3 Å². The molecule has 46 valence electrons. The van der Waals surface area contributed by atoms with E-state index in [1.54, 1.807) is 0 Å². The van der Waals surface area contributed by atoms with Crippen LogP contribution < -0.4 is 0 Å². The van der Waals surface area contributed by atoms with Crippen LogP contribution in [-0.4, -0.2) is 6.21 Å². The average molecular weight is 119 g/mol. The maximum absolute atomic E-state index is 4.06. The van der Waals surface area contributed by atoms with E-state index in [4.69, 9.17) is 0 Å². The van der Waals surface area contributed by atoms with E-state index in [9.17, 15) is 0 Å². The van der Waals surface area contributed by atoms with Gasteiger partial charge in [-0.25, -0.2) is 0 Å². The summed E-state index contributed by atoms with van der Waals surface area (Å²) in [5, 5.41) is 0. The lowest BCUT2D eigenvalue weighted by atomic mass is 9.95. The lowest BCUT2D eigenvalue weighted by Gasteiger charge is -2.12. The molecule has 1 nitrogen and oxygen atoms in total. The molecule has 0 N–H and O–H groups in total. The number of hydrogen-bond donors (Lipinski definition) is 0. The molecule has 0 aromatic rings. The van der Waals surface area contributed by atoms with E-state index in [0.717, 1.165) is 5.92 Å². The second-order valence-electron chi connectivity index (χ2n) is 2.54. The Kier molecular flexibility index (Phi) is 1.01. The molecule has 2 aliphatic rings. The van der Waals surface area contributed by atoms with Crippen LogP contribution in [0.25, 0.3) is 0 Å². The minimum absolute atomic E-state index is 0.606. The highest BCUT2D eigenvalue weighted by atomic mass is 14.7. The van der Waals surface area contributed by atoms with Crippen molar-refractivity contribution < 1.29 is 0 Å². The summed E-state index contributed by atoms with van der Waals surface area (Å²) in [5.74, 6) is 1.33. The van der Waals surface area contributed by atoms with Crippen LogP contribution in [0, 0.1) is 11.8 Å². The van der Waals surface area contributed by atoms with Gasteiger partial charge in [0.25, 0.3) is 0 Å². The molecule has 0 aromatic heterocycles. The zero-order valence-electron chi connectivity index (χ0n) is 5.20. The Hall–Kier alpha value is -0.850. The summed E-state index contributed by atoms with van der Waals surface area (Å²) in [6.07, 6.45) is 11.8. The van der Waals surface area contributed by atoms with E-state index in [1.165, 1.54) is 6.42 Å². The molecule has 2 atom stereocenters. The van der Waals surface area contributed by atoms with Crippen molar-refractivity contribution >= 4 is 6.21 Å². The van der Waals surface area contributed by atoms with Crippen LogP contribution in [0.4, 0.5) is 0 Å². The molecule has 0 saturated heterocycles. The second kappa shape index (κ2) is 1.83. The largest absolute Gasteiger partial charge is 0.269 e. The van der Waals surface area contributed by atoms with Crippen LogP contribution in [0.15, 0.2) is 29.4 Å². The topological polar surface area (TPSA) is 12.4 Å². The van der Waals surface area contributed by atoms with Gasteiger partial charge in [0.1, 0.15) is 0 Å². The van der Waals surface area contributed by atoms with Crippen LogP contribution in [0.5, 0.6) is 0 Å². The third-order valence-corrected chi connectivity index (χ3v) is 1.94. The normalized spacial score (nSPS) is 37.3. The fourth-order valence-corrected chi connectivity index (χ4v) is 1.37. The van der Waals surface area contributed by atoms with Crippen molar-refractivity contribution in [2.45, 2.75) is 6.42 Å². The number of nitrogens with zero attached hydrogens (tertiary/aromatic N) is 1. The fraction of sp³-hybridized carbons (Fsp3) is 0.375. The molecule has 1 aliphatic carbocycles. The number of rotatable bonds is 0. The standard InChI is InChI=1S/C8H9N/c1-2-7-4-5-9-6-8(7)3-1/h1,3-8H,2H2. The molecule has 1 heteroatoms. The van der Waals surface area contributed by atoms with Crippen LogP contribution in [-0.2, 0) is 0 Å².